The van der Waals surface area contributed by atoms with Crippen molar-refractivity contribution in [2.75, 3.05) is 52.7 Å². The minimum atomic E-state index is 0.0281. The summed E-state index contributed by atoms with van der Waals surface area (Å²) in [6.45, 7) is 10.9. The first-order chi connectivity index (χ1) is 18.5. The summed E-state index contributed by atoms with van der Waals surface area (Å²) in [5, 5.41) is 5.67. The van der Waals surface area contributed by atoms with Crippen LogP contribution in [0.15, 0.2) is 31.1 Å². The van der Waals surface area contributed by atoms with Crippen molar-refractivity contribution in [3.8, 4) is 22.8 Å². The van der Waals surface area contributed by atoms with Gasteiger partial charge in [0.1, 0.15) is 29.3 Å². The van der Waals surface area contributed by atoms with E-state index in [1.54, 1.807) is 14.2 Å². The SMILES string of the molecule is C=CC(=O)N1CCCN(CCCCCn2nc(-c3cc(OC)c(CC)c(OC)c3)c3c(N)ncnc32)CC1. The first-order valence-corrected chi connectivity index (χ1v) is 13.4. The number of amides is 1. The number of fused-ring (bicyclic) bond motifs is 1. The van der Waals surface area contributed by atoms with Crippen LogP contribution in [0.5, 0.6) is 11.5 Å². The summed E-state index contributed by atoms with van der Waals surface area (Å²) in [4.78, 5) is 25.0. The molecule has 10 heteroatoms. The fraction of sp³-hybridized carbons (Fsp3) is 0.500. The number of methoxy groups -OCH3 is 2. The van der Waals surface area contributed by atoms with E-state index in [0.29, 0.717) is 5.82 Å². The van der Waals surface area contributed by atoms with Gasteiger partial charge in [-0.2, -0.15) is 5.10 Å². The molecule has 0 atom stereocenters. The number of aromatic nitrogens is 4. The molecule has 38 heavy (non-hydrogen) atoms. The smallest absolute Gasteiger partial charge is 0.245 e. The molecule has 3 aromatic rings. The van der Waals surface area contributed by atoms with Gasteiger partial charge in [-0.25, -0.2) is 14.6 Å². The van der Waals surface area contributed by atoms with E-state index in [1.165, 1.54) is 12.4 Å². The summed E-state index contributed by atoms with van der Waals surface area (Å²) >= 11 is 0. The fourth-order valence-electron chi connectivity index (χ4n) is 5.18. The standard InChI is InChI=1S/C28H39N7O3/c1-5-21-22(37-3)17-20(18-23(21)38-4)26-25-27(29)30-19-31-28(25)35(32-26)14-9-7-8-11-33-12-10-13-34(16-15-33)24(36)6-2/h6,17-19H,2,5,7-16H2,1,3-4H3,(H2,29,30,31). The van der Waals surface area contributed by atoms with Crippen molar-refractivity contribution < 1.29 is 14.3 Å². The molecule has 1 aromatic carbocycles. The van der Waals surface area contributed by atoms with Crippen LogP contribution < -0.4 is 15.2 Å². The predicted octanol–water partition coefficient (Wildman–Crippen LogP) is 3.55. The second-order valence-electron chi connectivity index (χ2n) is 9.53. The van der Waals surface area contributed by atoms with Crippen LogP contribution in [-0.4, -0.2) is 82.4 Å². The molecule has 0 radical (unpaired) electrons. The molecule has 0 saturated carbocycles. The highest BCUT2D eigenvalue weighted by Gasteiger charge is 2.21. The zero-order valence-electron chi connectivity index (χ0n) is 22.8. The topological polar surface area (TPSA) is 112 Å². The molecule has 1 saturated heterocycles. The van der Waals surface area contributed by atoms with E-state index < -0.39 is 0 Å². The van der Waals surface area contributed by atoms with Gasteiger partial charge in [-0.1, -0.05) is 19.9 Å². The van der Waals surface area contributed by atoms with Crippen LogP contribution in [0.25, 0.3) is 22.3 Å². The summed E-state index contributed by atoms with van der Waals surface area (Å²) in [6.07, 6.45) is 7.80. The number of anilines is 1. The van der Waals surface area contributed by atoms with E-state index in [4.69, 9.17) is 20.3 Å². The summed E-state index contributed by atoms with van der Waals surface area (Å²) in [7, 11) is 3.32. The van der Waals surface area contributed by atoms with Gasteiger partial charge in [0, 0.05) is 37.3 Å². The van der Waals surface area contributed by atoms with Gasteiger partial charge in [0.25, 0.3) is 0 Å². The Balaban J connectivity index is 1.44. The molecule has 1 amide bonds. The molecule has 4 rings (SSSR count). The van der Waals surface area contributed by atoms with Gasteiger partial charge in [-0.15, -0.1) is 0 Å². The number of carbonyl (C=O) groups is 1. The minimum Gasteiger partial charge on any atom is -0.496 e. The highest BCUT2D eigenvalue weighted by molar-refractivity contribution is 5.98. The summed E-state index contributed by atoms with van der Waals surface area (Å²) in [6, 6.07) is 3.95. The Hall–Kier alpha value is -3.66. The van der Waals surface area contributed by atoms with Crippen LogP contribution in [0.3, 0.4) is 0 Å². The van der Waals surface area contributed by atoms with Crippen molar-refractivity contribution in [3.63, 3.8) is 0 Å². The summed E-state index contributed by atoms with van der Waals surface area (Å²) in [5.74, 6) is 1.94. The van der Waals surface area contributed by atoms with Gasteiger partial charge in [0.2, 0.25) is 5.91 Å². The third kappa shape index (κ3) is 5.91. The van der Waals surface area contributed by atoms with Crippen molar-refractivity contribution in [2.45, 2.75) is 45.6 Å². The van der Waals surface area contributed by atoms with E-state index in [1.807, 2.05) is 21.7 Å². The number of carbonyl (C=O) groups excluding carboxylic acids is 1. The quantitative estimate of drug-likeness (QED) is 0.301. The Morgan fingerprint density at radius 1 is 1.05 bits per heavy atom. The number of hydrogen-bond donors (Lipinski definition) is 1. The zero-order valence-corrected chi connectivity index (χ0v) is 22.8. The average Bonchev–Trinajstić information content (AvgIpc) is 3.15. The molecule has 1 fully saturated rings. The largest absolute Gasteiger partial charge is 0.496 e. The number of benzene rings is 1. The Kier molecular flexibility index (Phi) is 9.17. The lowest BCUT2D eigenvalue weighted by Gasteiger charge is -2.21. The number of ether oxygens (including phenoxy) is 2. The van der Waals surface area contributed by atoms with Crippen molar-refractivity contribution in [2.24, 2.45) is 0 Å². The van der Waals surface area contributed by atoms with Crippen molar-refractivity contribution in [3.05, 3.63) is 36.7 Å². The Morgan fingerprint density at radius 3 is 2.47 bits per heavy atom. The summed E-state index contributed by atoms with van der Waals surface area (Å²) in [5.41, 5.74) is 9.62. The average molecular weight is 522 g/mol. The van der Waals surface area contributed by atoms with E-state index in [9.17, 15) is 4.79 Å². The molecule has 0 bridgehead atoms. The van der Waals surface area contributed by atoms with Gasteiger partial charge in [-0.3, -0.25) is 4.79 Å². The lowest BCUT2D eigenvalue weighted by atomic mass is 10.0. The molecular weight excluding hydrogens is 482 g/mol. The summed E-state index contributed by atoms with van der Waals surface area (Å²) < 4.78 is 13.2. The van der Waals surface area contributed by atoms with Gasteiger partial charge >= 0.3 is 0 Å². The Bertz CT molecular complexity index is 1250. The molecule has 1 aliphatic heterocycles. The van der Waals surface area contributed by atoms with Crippen molar-refractivity contribution >= 4 is 22.8 Å². The van der Waals surface area contributed by atoms with Gasteiger partial charge in [-0.05, 0) is 57.0 Å². The fourth-order valence-corrected chi connectivity index (χ4v) is 5.18. The van der Waals surface area contributed by atoms with E-state index in [0.717, 1.165) is 111 Å². The van der Waals surface area contributed by atoms with Crippen LogP contribution in [-0.2, 0) is 17.8 Å². The lowest BCUT2D eigenvalue weighted by molar-refractivity contribution is -0.125. The van der Waals surface area contributed by atoms with Crippen LogP contribution in [0.4, 0.5) is 5.82 Å². The molecule has 0 spiro atoms. The molecule has 0 aliphatic carbocycles. The molecule has 2 N–H and O–H groups in total. The Labute approximate surface area is 224 Å². The van der Waals surface area contributed by atoms with Gasteiger partial charge in [0.05, 0.1) is 19.6 Å². The maximum absolute atomic E-state index is 11.9. The second-order valence-corrected chi connectivity index (χ2v) is 9.53. The highest BCUT2D eigenvalue weighted by Crippen LogP contribution is 2.38. The number of nitrogens with zero attached hydrogens (tertiary/aromatic N) is 6. The molecule has 10 nitrogen and oxygen atoms in total. The first-order valence-electron chi connectivity index (χ1n) is 13.4. The second kappa shape index (κ2) is 12.7. The van der Waals surface area contributed by atoms with Crippen LogP contribution >= 0.6 is 0 Å². The minimum absolute atomic E-state index is 0.0281. The Morgan fingerprint density at radius 2 is 1.79 bits per heavy atom. The molecule has 204 valence electrons. The van der Waals surface area contributed by atoms with Gasteiger partial charge < -0.3 is 25.0 Å². The van der Waals surface area contributed by atoms with E-state index in [2.05, 4.69) is 28.4 Å². The number of unbranched alkanes of at least 4 members (excludes halogenated alkanes) is 2. The first kappa shape index (κ1) is 27.4. The maximum Gasteiger partial charge on any atom is 0.245 e. The number of nitrogens with two attached hydrogens (primary N) is 1. The molecule has 1 aliphatic rings. The van der Waals surface area contributed by atoms with E-state index in [-0.39, 0.29) is 5.91 Å². The third-order valence-corrected chi connectivity index (χ3v) is 7.21. The normalized spacial score (nSPS) is 14.4. The predicted molar refractivity (Wildman–Crippen MR) is 149 cm³/mol. The van der Waals surface area contributed by atoms with Crippen molar-refractivity contribution in [1.29, 1.82) is 0 Å². The number of aryl methyl sites for hydroxylation is 1. The molecule has 3 heterocycles. The van der Waals surface area contributed by atoms with E-state index >= 15 is 0 Å². The van der Waals surface area contributed by atoms with Crippen LogP contribution in [0.2, 0.25) is 0 Å². The molecular formula is C28H39N7O3. The van der Waals surface area contributed by atoms with Crippen LogP contribution in [0, 0.1) is 0 Å². The van der Waals surface area contributed by atoms with Gasteiger partial charge in [0.15, 0.2) is 5.65 Å². The zero-order chi connectivity index (χ0) is 27.1. The highest BCUT2D eigenvalue weighted by atomic mass is 16.5. The third-order valence-electron chi connectivity index (χ3n) is 7.21. The lowest BCUT2D eigenvalue weighted by Crippen LogP contribution is -2.34. The number of rotatable bonds is 11. The molecule has 2 aromatic heterocycles. The maximum atomic E-state index is 11.9. The number of nitrogen functional groups attached to an aromatic ring is 1. The molecule has 0 unspecified atom stereocenters. The van der Waals surface area contributed by atoms with Crippen LogP contribution in [0.1, 0.15) is 38.2 Å². The van der Waals surface area contributed by atoms with Crippen molar-refractivity contribution in [1.82, 2.24) is 29.5 Å². The number of hydrogen-bond acceptors (Lipinski definition) is 8. The monoisotopic (exact) mass is 521 g/mol.